The zero-order chi connectivity index (χ0) is 11.1. The Labute approximate surface area is 94.2 Å². The summed E-state index contributed by atoms with van der Waals surface area (Å²) in [6.45, 7) is 9.20. The molecule has 0 aromatic rings. The van der Waals surface area contributed by atoms with Gasteiger partial charge in [-0.25, -0.2) is 0 Å². The van der Waals surface area contributed by atoms with Gasteiger partial charge in [0.05, 0.1) is 0 Å². The Hall–Kier alpha value is -0.0800. The van der Waals surface area contributed by atoms with Crippen LogP contribution < -0.4 is 5.73 Å². The zero-order valence-corrected chi connectivity index (χ0v) is 10.5. The predicted molar refractivity (Wildman–Crippen MR) is 64.7 cm³/mol. The molecular formula is C13H26N2. The van der Waals surface area contributed by atoms with E-state index in [1.165, 1.54) is 32.2 Å². The lowest BCUT2D eigenvalue weighted by Crippen LogP contribution is -2.56. The third-order valence-corrected chi connectivity index (χ3v) is 4.66. The lowest BCUT2D eigenvalue weighted by atomic mass is 9.87. The Morgan fingerprint density at radius 3 is 2.33 bits per heavy atom. The standard InChI is InChI=1S/C13H26N2/c1-4-13(9-14,12-5-6-12)15-8-10(2)7-11(15)3/h10-12H,4-9,14H2,1-3H3. The van der Waals surface area contributed by atoms with Crippen molar-refractivity contribution in [2.75, 3.05) is 13.1 Å². The number of rotatable bonds is 4. The van der Waals surface area contributed by atoms with Gasteiger partial charge in [-0.05, 0) is 44.4 Å². The van der Waals surface area contributed by atoms with Gasteiger partial charge >= 0.3 is 0 Å². The molecule has 1 aliphatic heterocycles. The van der Waals surface area contributed by atoms with Crippen LogP contribution in [0.1, 0.15) is 46.5 Å². The molecule has 2 fully saturated rings. The van der Waals surface area contributed by atoms with E-state index in [0.29, 0.717) is 5.54 Å². The van der Waals surface area contributed by atoms with Gasteiger partial charge in [-0.3, -0.25) is 4.90 Å². The largest absolute Gasteiger partial charge is 0.329 e. The van der Waals surface area contributed by atoms with Gasteiger partial charge in [-0.2, -0.15) is 0 Å². The summed E-state index contributed by atoms with van der Waals surface area (Å²) in [7, 11) is 0. The molecule has 1 heterocycles. The van der Waals surface area contributed by atoms with Gasteiger partial charge in [-0.15, -0.1) is 0 Å². The third-order valence-electron chi connectivity index (χ3n) is 4.66. The van der Waals surface area contributed by atoms with Crippen molar-refractivity contribution in [1.29, 1.82) is 0 Å². The van der Waals surface area contributed by atoms with Crippen molar-refractivity contribution in [3.63, 3.8) is 0 Å². The van der Waals surface area contributed by atoms with Gasteiger partial charge in [0, 0.05) is 24.7 Å². The average molecular weight is 210 g/mol. The molecule has 2 heteroatoms. The SMILES string of the molecule is CCC(CN)(C1CC1)N1CC(C)CC1C. The number of nitrogens with zero attached hydrogens (tertiary/aromatic N) is 1. The Kier molecular flexibility index (Phi) is 3.09. The van der Waals surface area contributed by atoms with E-state index in [1.807, 2.05) is 0 Å². The molecule has 0 aromatic carbocycles. The van der Waals surface area contributed by atoms with E-state index in [0.717, 1.165) is 24.4 Å². The molecule has 3 unspecified atom stereocenters. The molecular weight excluding hydrogens is 184 g/mol. The van der Waals surface area contributed by atoms with Crippen LogP contribution in [0, 0.1) is 11.8 Å². The van der Waals surface area contributed by atoms with Gasteiger partial charge in [-0.1, -0.05) is 13.8 Å². The highest BCUT2D eigenvalue weighted by molar-refractivity contribution is 5.05. The molecule has 3 atom stereocenters. The minimum atomic E-state index is 0.337. The number of likely N-dealkylation sites (tertiary alicyclic amines) is 1. The van der Waals surface area contributed by atoms with E-state index in [1.54, 1.807) is 0 Å². The van der Waals surface area contributed by atoms with Crippen molar-refractivity contribution < 1.29 is 0 Å². The van der Waals surface area contributed by atoms with Gasteiger partial charge in [0.2, 0.25) is 0 Å². The van der Waals surface area contributed by atoms with Crippen LogP contribution in [0.15, 0.2) is 0 Å². The normalized spacial score (nSPS) is 36.8. The van der Waals surface area contributed by atoms with Crippen LogP contribution in [0.25, 0.3) is 0 Å². The second-order valence-corrected chi connectivity index (χ2v) is 5.78. The lowest BCUT2D eigenvalue weighted by Gasteiger charge is -2.44. The van der Waals surface area contributed by atoms with Crippen LogP contribution >= 0.6 is 0 Å². The molecule has 2 nitrogen and oxygen atoms in total. The summed E-state index contributed by atoms with van der Waals surface area (Å²) in [4.78, 5) is 2.73. The van der Waals surface area contributed by atoms with E-state index >= 15 is 0 Å². The molecule has 0 aromatic heterocycles. The average Bonchev–Trinajstić information content (AvgIpc) is 2.98. The zero-order valence-electron chi connectivity index (χ0n) is 10.5. The van der Waals surface area contributed by atoms with Crippen molar-refractivity contribution in [2.45, 2.75) is 58.0 Å². The van der Waals surface area contributed by atoms with Crippen molar-refractivity contribution in [1.82, 2.24) is 4.90 Å². The molecule has 0 bridgehead atoms. The molecule has 0 amide bonds. The smallest absolute Gasteiger partial charge is 0.0360 e. The summed E-state index contributed by atoms with van der Waals surface area (Å²) in [5.41, 5.74) is 6.44. The highest BCUT2D eigenvalue weighted by Gasteiger charge is 2.50. The summed E-state index contributed by atoms with van der Waals surface area (Å²) in [6.07, 6.45) is 5.39. The summed E-state index contributed by atoms with van der Waals surface area (Å²) in [5.74, 6) is 1.75. The minimum Gasteiger partial charge on any atom is -0.329 e. The van der Waals surface area contributed by atoms with Crippen molar-refractivity contribution in [3.8, 4) is 0 Å². The van der Waals surface area contributed by atoms with Crippen LogP contribution in [0.5, 0.6) is 0 Å². The second-order valence-electron chi connectivity index (χ2n) is 5.78. The van der Waals surface area contributed by atoms with E-state index in [-0.39, 0.29) is 0 Å². The highest BCUT2D eigenvalue weighted by atomic mass is 15.3. The fraction of sp³-hybridized carbons (Fsp3) is 1.00. The molecule has 1 aliphatic carbocycles. The molecule has 15 heavy (non-hydrogen) atoms. The van der Waals surface area contributed by atoms with Gasteiger partial charge in [0.15, 0.2) is 0 Å². The summed E-state index contributed by atoms with van der Waals surface area (Å²) in [5, 5.41) is 0. The Morgan fingerprint density at radius 1 is 1.33 bits per heavy atom. The van der Waals surface area contributed by atoms with E-state index in [4.69, 9.17) is 5.73 Å². The number of nitrogens with two attached hydrogens (primary N) is 1. The maximum atomic E-state index is 6.11. The first-order valence-corrected chi connectivity index (χ1v) is 6.61. The molecule has 88 valence electrons. The molecule has 0 radical (unpaired) electrons. The van der Waals surface area contributed by atoms with Gasteiger partial charge < -0.3 is 5.73 Å². The maximum absolute atomic E-state index is 6.11. The third kappa shape index (κ3) is 1.83. The van der Waals surface area contributed by atoms with Crippen molar-refractivity contribution in [2.24, 2.45) is 17.6 Å². The molecule has 2 aliphatic rings. The quantitative estimate of drug-likeness (QED) is 0.771. The fourth-order valence-electron chi connectivity index (χ4n) is 3.70. The van der Waals surface area contributed by atoms with Crippen molar-refractivity contribution in [3.05, 3.63) is 0 Å². The van der Waals surface area contributed by atoms with Crippen molar-refractivity contribution >= 4 is 0 Å². The Balaban J connectivity index is 2.16. The molecule has 1 saturated heterocycles. The van der Waals surface area contributed by atoms with Crippen LogP contribution in [0.3, 0.4) is 0 Å². The highest BCUT2D eigenvalue weighted by Crippen LogP contribution is 2.47. The first-order chi connectivity index (χ1) is 7.14. The first kappa shape index (κ1) is 11.4. The maximum Gasteiger partial charge on any atom is 0.0360 e. The minimum absolute atomic E-state index is 0.337. The molecule has 2 N–H and O–H groups in total. The molecule has 2 rings (SSSR count). The summed E-state index contributed by atoms with van der Waals surface area (Å²) < 4.78 is 0. The van der Waals surface area contributed by atoms with Crippen LogP contribution in [-0.4, -0.2) is 29.6 Å². The van der Waals surface area contributed by atoms with E-state index in [9.17, 15) is 0 Å². The Morgan fingerprint density at radius 2 is 2.00 bits per heavy atom. The van der Waals surface area contributed by atoms with Gasteiger partial charge in [0.1, 0.15) is 0 Å². The topological polar surface area (TPSA) is 29.3 Å². The van der Waals surface area contributed by atoms with Crippen LogP contribution in [-0.2, 0) is 0 Å². The van der Waals surface area contributed by atoms with Gasteiger partial charge in [0.25, 0.3) is 0 Å². The van der Waals surface area contributed by atoms with Crippen LogP contribution in [0.4, 0.5) is 0 Å². The number of hydrogen-bond donors (Lipinski definition) is 1. The predicted octanol–water partition coefficient (Wildman–Crippen LogP) is 2.23. The van der Waals surface area contributed by atoms with E-state index in [2.05, 4.69) is 25.7 Å². The second kappa shape index (κ2) is 4.06. The fourth-order valence-corrected chi connectivity index (χ4v) is 3.70. The van der Waals surface area contributed by atoms with E-state index < -0.39 is 0 Å². The van der Waals surface area contributed by atoms with Crippen LogP contribution in [0.2, 0.25) is 0 Å². The monoisotopic (exact) mass is 210 g/mol. The summed E-state index contributed by atoms with van der Waals surface area (Å²) >= 11 is 0. The summed E-state index contributed by atoms with van der Waals surface area (Å²) in [6, 6.07) is 0.740. The number of hydrogen-bond acceptors (Lipinski definition) is 2. The molecule has 0 spiro atoms. The first-order valence-electron chi connectivity index (χ1n) is 6.61. The lowest BCUT2D eigenvalue weighted by molar-refractivity contribution is 0.0599. The Bertz CT molecular complexity index is 219. The molecule has 1 saturated carbocycles.